The lowest BCUT2D eigenvalue weighted by molar-refractivity contribution is -0.139. The molecule has 2 amide bonds. The molecule has 0 aliphatic carbocycles. The summed E-state index contributed by atoms with van der Waals surface area (Å²) in [4.78, 5) is 27.8. The van der Waals surface area contributed by atoms with Gasteiger partial charge in [0.25, 0.3) is 10.0 Å². The number of carbonyl (C=O) groups is 2. The fourth-order valence-electron chi connectivity index (χ4n) is 4.02. The van der Waals surface area contributed by atoms with Crippen LogP contribution >= 0.6 is 11.6 Å². The van der Waals surface area contributed by atoms with Gasteiger partial charge in [0, 0.05) is 18.6 Å². The van der Waals surface area contributed by atoms with Crippen LogP contribution in [-0.2, 0) is 26.2 Å². The van der Waals surface area contributed by atoms with Crippen molar-refractivity contribution < 1.29 is 18.0 Å². The monoisotopic (exact) mass is 555 g/mol. The maximum absolute atomic E-state index is 13.8. The Morgan fingerprint density at radius 3 is 2.13 bits per heavy atom. The molecule has 1 atom stereocenters. The summed E-state index contributed by atoms with van der Waals surface area (Å²) in [5, 5.41) is 3.07. The molecule has 0 radical (unpaired) electrons. The Balaban J connectivity index is 2.04. The van der Waals surface area contributed by atoms with Gasteiger partial charge in [0.2, 0.25) is 11.8 Å². The zero-order valence-corrected chi connectivity index (χ0v) is 23.9. The second-order valence-electron chi connectivity index (χ2n) is 9.51. The first-order valence-corrected chi connectivity index (χ1v) is 14.2. The first-order chi connectivity index (χ1) is 17.9. The Labute approximate surface area is 230 Å². The number of sulfonamides is 1. The predicted octanol–water partition coefficient (Wildman–Crippen LogP) is 5.13. The number of amides is 2. The number of anilines is 1. The summed E-state index contributed by atoms with van der Waals surface area (Å²) >= 11 is 6.15. The van der Waals surface area contributed by atoms with Gasteiger partial charge in [-0.2, -0.15) is 0 Å². The van der Waals surface area contributed by atoms with Crippen molar-refractivity contribution in [3.8, 4) is 0 Å². The summed E-state index contributed by atoms with van der Waals surface area (Å²) in [5.74, 6) is -0.631. The number of halogens is 1. The molecule has 0 bridgehead atoms. The second kappa shape index (κ2) is 12.5. The lowest BCUT2D eigenvalue weighted by Gasteiger charge is -2.32. The Morgan fingerprint density at radius 2 is 1.58 bits per heavy atom. The highest BCUT2D eigenvalue weighted by Gasteiger charge is 2.32. The van der Waals surface area contributed by atoms with E-state index in [2.05, 4.69) is 5.32 Å². The van der Waals surface area contributed by atoms with Crippen LogP contribution in [0.15, 0.2) is 77.7 Å². The number of likely N-dealkylation sites (N-methyl/N-ethyl adjacent to an activating group) is 1. The third-order valence-electron chi connectivity index (χ3n) is 6.39. The Hall–Kier alpha value is -3.36. The van der Waals surface area contributed by atoms with Crippen molar-refractivity contribution in [3.63, 3.8) is 0 Å². The van der Waals surface area contributed by atoms with Crippen molar-refractivity contribution >= 4 is 39.1 Å². The highest BCUT2D eigenvalue weighted by molar-refractivity contribution is 7.92. The van der Waals surface area contributed by atoms with E-state index in [9.17, 15) is 18.0 Å². The van der Waals surface area contributed by atoms with E-state index in [0.29, 0.717) is 10.7 Å². The van der Waals surface area contributed by atoms with E-state index in [-0.39, 0.29) is 23.3 Å². The SMILES string of the molecule is CNC(=O)C(C)N(Cc1cccc(Cl)c1)C(=O)CN(c1ccc(C(C)C)cc1)S(=O)(=O)c1ccc(C)cc1. The van der Waals surface area contributed by atoms with E-state index in [1.54, 1.807) is 55.5 Å². The predicted molar refractivity (Wildman–Crippen MR) is 152 cm³/mol. The van der Waals surface area contributed by atoms with E-state index in [1.165, 1.54) is 24.1 Å². The normalized spacial score (nSPS) is 12.2. The average molecular weight is 556 g/mol. The smallest absolute Gasteiger partial charge is 0.264 e. The third-order valence-corrected chi connectivity index (χ3v) is 8.41. The lowest BCUT2D eigenvalue weighted by Crippen LogP contribution is -2.50. The zero-order valence-electron chi connectivity index (χ0n) is 22.3. The first-order valence-electron chi connectivity index (χ1n) is 12.4. The molecule has 1 N–H and O–H groups in total. The molecule has 0 aromatic heterocycles. The standard InChI is InChI=1S/C29H34ClN3O4S/c1-20(2)24-11-13-26(14-12-24)33(38(36,37)27-15-9-21(3)10-16-27)19-28(34)32(22(4)29(35)31-5)18-23-7-6-8-25(30)17-23/h6-17,20,22H,18-19H2,1-5H3,(H,31,35). The molecular weight excluding hydrogens is 522 g/mol. The molecular formula is C29H34ClN3O4S. The Morgan fingerprint density at radius 1 is 0.947 bits per heavy atom. The van der Waals surface area contributed by atoms with E-state index in [1.807, 2.05) is 32.9 Å². The second-order valence-corrected chi connectivity index (χ2v) is 11.8. The van der Waals surface area contributed by atoms with Crippen LogP contribution in [0, 0.1) is 6.92 Å². The van der Waals surface area contributed by atoms with E-state index in [4.69, 9.17) is 11.6 Å². The molecule has 3 rings (SSSR count). The fourth-order valence-corrected chi connectivity index (χ4v) is 5.64. The highest BCUT2D eigenvalue weighted by Crippen LogP contribution is 2.27. The van der Waals surface area contributed by atoms with Crippen LogP contribution in [0.4, 0.5) is 5.69 Å². The molecule has 1 unspecified atom stereocenters. The van der Waals surface area contributed by atoms with Gasteiger partial charge in [0.1, 0.15) is 12.6 Å². The van der Waals surface area contributed by atoms with Crippen molar-refractivity contribution in [1.82, 2.24) is 10.2 Å². The van der Waals surface area contributed by atoms with E-state index >= 15 is 0 Å². The first kappa shape index (κ1) is 29.2. The summed E-state index contributed by atoms with van der Waals surface area (Å²) in [6.45, 7) is 7.17. The maximum Gasteiger partial charge on any atom is 0.264 e. The molecule has 202 valence electrons. The summed E-state index contributed by atoms with van der Waals surface area (Å²) < 4.78 is 28.8. The largest absolute Gasteiger partial charge is 0.357 e. The average Bonchev–Trinajstić information content (AvgIpc) is 2.89. The van der Waals surface area contributed by atoms with Gasteiger partial charge >= 0.3 is 0 Å². The molecule has 0 heterocycles. The van der Waals surface area contributed by atoms with Gasteiger partial charge in [-0.15, -0.1) is 0 Å². The fraction of sp³-hybridized carbons (Fsp3) is 0.310. The lowest BCUT2D eigenvalue weighted by atomic mass is 10.0. The highest BCUT2D eigenvalue weighted by atomic mass is 35.5. The van der Waals surface area contributed by atoms with Crippen LogP contribution in [0.3, 0.4) is 0 Å². The minimum absolute atomic E-state index is 0.0737. The zero-order chi connectivity index (χ0) is 28.0. The number of nitrogens with one attached hydrogen (secondary N) is 1. The molecule has 3 aromatic carbocycles. The van der Waals surface area contributed by atoms with Crippen LogP contribution in [-0.4, -0.2) is 44.8 Å². The number of hydrogen-bond acceptors (Lipinski definition) is 4. The maximum atomic E-state index is 13.8. The van der Waals surface area contributed by atoms with E-state index < -0.39 is 28.5 Å². The molecule has 0 saturated carbocycles. The van der Waals surface area contributed by atoms with Crippen molar-refractivity contribution in [2.24, 2.45) is 0 Å². The molecule has 0 aliphatic heterocycles. The van der Waals surface area contributed by atoms with Gasteiger partial charge in [0.05, 0.1) is 10.6 Å². The van der Waals surface area contributed by atoms with Gasteiger partial charge in [-0.1, -0.05) is 67.4 Å². The Bertz CT molecular complexity index is 1370. The molecule has 0 saturated heterocycles. The molecule has 7 nitrogen and oxygen atoms in total. The van der Waals surface area contributed by atoms with Crippen LogP contribution in [0.5, 0.6) is 0 Å². The van der Waals surface area contributed by atoms with Crippen LogP contribution < -0.4 is 9.62 Å². The molecule has 3 aromatic rings. The third kappa shape index (κ3) is 6.94. The van der Waals surface area contributed by atoms with Crippen molar-refractivity contribution in [2.75, 3.05) is 17.9 Å². The summed E-state index contributed by atoms with van der Waals surface area (Å²) in [5.41, 5.74) is 3.04. The summed E-state index contributed by atoms with van der Waals surface area (Å²) in [7, 11) is -2.61. The summed E-state index contributed by atoms with van der Waals surface area (Å²) in [6.07, 6.45) is 0. The van der Waals surface area contributed by atoms with Crippen LogP contribution in [0.1, 0.15) is 43.4 Å². The van der Waals surface area contributed by atoms with Gasteiger partial charge < -0.3 is 10.2 Å². The molecule has 0 spiro atoms. The molecule has 0 fully saturated rings. The minimum atomic E-state index is -4.10. The Kier molecular flexibility index (Phi) is 9.57. The number of rotatable bonds is 10. The van der Waals surface area contributed by atoms with Crippen molar-refractivity contribution in [2.45, 2.75) is 51.1 Å². The number of nitrogens with zero attached hydrogens (tertiary/aromatic N) is 2. The van der Waals surface area contributed by atoms with Crippen LogP contribution in [0.2, 0.25) is 5.02 Å². The van der Waals surface area contributed by atoms with Gasteiger partial charge in [-0.3, -0.25) is 13.9 Å². The molecule has 0 aliphatic rings. The number of aryl methyl sites for hydroxylation is 1. The molecule has 38 heavy (non-hydrogen) atoms. The number of carbonyl (C=O) groups excluding carboxylic acids is 2. The topological polar surface area (TPSA) is 86.8 Å². The minimum Gasteiger partial charge on any atom is -0.357 e. The summed E-state index contributed by atoms with van der Waals surface area (Å²) in [6, 6.07) is 19.8. The van der Waals surface area contributed by atoms with E-state index in [0.717, 1.165) is 21.0 Å². The van der Waals surface area contributed by atoms with Crippen molar-refractivity contribution in [1.29, 1.82) is 0 Å². The quantitative estimate of drug-likeness (QED) is 0.376. The molecule has 9 heteroatoms. The van der Waals surface area contributed by atoms with Crippen molar-refractivity contribution in [3.05, 3.63) is 94.5 Å². The van der Waals surface area contributed by atoms with Gasteiger partial charge in [-0.25, -0.2) is 8.42 Å². The van der Waals surface area contributed by atoms with Gasteiger partial charge in [-0.05, 0) is 67.3 Å². The van der Waals surface area contributed by atoms with Gasteiger partial charge in [0.15, 0.2) is 0 Å². The number of hydrogen-bond donors (Lipinski definition) is 1. The van der Waals surface area contributed by atoms with Crippen LogP contribution in [0.25, 0.3) is 0 Å². The number of benzene rings is 3.